The van der Waals surface area contributed by atoms with Crippen LogP contribution in [0.4, 0.5) is 5.69 Å². The Morgan fingerprint density at radius 2 is 1.76 bits per heavy atom. The van der Waals surface area contributed by atoms with Gasteiger partial charge in [-0.15, -0.1) is 0 Å². The molecule has 0 radical (unpaired) electrons. The lowest BCUT2D eigenvalue weighted by molar-refractivity contribution is -0.123. The van der Waals surface area contributed by atoms with Crippen molar-refractivity contribution in [1.82, 2.24) is 0 Å². The van der Waals surface area contributed by atoms with Crippen molar-refractivity contribution in [2.24, 2.45) is 0 Å². The van der Waals surface area contributed by atoms with Gasteiger partial charge in [-0.3, -0.25) is 4.79 Å². The number of amides is 1. The molecule has 1 N–H and O–H groups in total. The van der Waals surface area contributed by atoms with Crippen LogP contribution < -0.4 is 14.8 Å². The second-order valence-corrected chi connectivity index (χ2v) is 5.19. The largest absolute Gasteiger partial charge is 0.497 e. The molecule has 0 aliphatic heterocycles. The third-order valence-corrected chi connectivity index (χ3v) is 3.42. The number of hydrogen-bond acceptors (Lipinski definition) is 5. The SMILES string of the molecule is CCOc1ccccc1NC(=O)[C@H](C)OC(=O)c1ccc(OC)cc1. The van der Waals surface area contributed by atoms with E-state index in [2.05, 4.69) is 5.32 Å². The zero-order chi connectivity index (χ0) is 18.2. The van der Waals surface area contributed by atoms with Crippen LogP contribution in [-0.2, 0) is 9.53 Å². The van der Waals surface area contributed by atoms with E-state index in [1.807, 2.05) is 13.0 Å². The molecule has 6 nitrogen and oxygen atoms in total. The molecule has 2 aromatic carbocycles. The van der Waals surface area contributed by atoms with Gasteiger partial charge in [0, 0.05) is 0 Å². The van der Waals surface area contributed by atoms with Crippen LogP contribution in [0, 0.1) is 0 Å². The lowest BCUT2D eigenvalue weighted by atomic mass is 10.2. The van der Waals surface area contributed by atoms with E-state index >= 15 is 0 Å². The minimum atomic E-state index is -0.954. The molecule has 2 aromatic rings. The predicted molar refractivity (Wildman–Crippen MR) is 94.1 cm³/mol. The molecule has 0 unspecified atom stereocenters. The second kappa shape index (κ2) is 8.73. The third-order valence-electron chi connectivity index (χ3n) is 3.42. The van der Waals surface area contributed by atoms with Crippen molar-refractivity contribution in [2.45, 2.75) is 20.0 Å². The maximum Gasteiger partial charge on any atom is 0.338 e. The number of esters is 1. The monoisotopic (exact) mass is 343 g/mol. The molecule has 25 heavy (non-hydrogen) atoms. The van der Waals surface area contributed by atoms with Crippen LogP contribution >= 0.6 is 0 Å². The predicted octanol–water partition coefficient (Wildman–Crippen LogP) is 3.28. The molecule has 0 aliphatic carbocycles. The number of methoxy groups -OCH3 is 1. The average molecular weight is 343 g/mol. The number of nitrogens with one attached hydrogen (secondary N) is 1. The molecule has 1 atom stereocenters. The van der Waals surface area contributed by atoms with Crippen molar-refractivity contribution in [1.29, 1.82) is 0 Å². The molecular weight excluding hydrogens is 322 g/mol. The quantitative estimate of drug-likeness (QED) is 0.781. The van der Waals surface area contributed by atoms with Crippen molar-refractivity contribution in [3.8, 4) is 11.5 Å². The summed E-state index contributed by atoms with van der Waals surface area (Å²) in [7, 11) is 1.54. The van der Waals surface area contributed by atoms with E-state index in [0.29, 0.717) is 29.4 Å². The highest BCUT2D eigenvalue weighted by Gasteiger charge is 2.20. The lowest BCUT2D eigenvalue weighted by Gasteiger charge is -2.15. The molecule has 132 valence electrons. The minimum absolute atomic E-state index is 0.343. The van der Waals surface area contributed by atoms with Gasteiger partial charge in [0.25, 0.3) is 5.91 Å². The number of para-hydroxylation sites is 2. The van der Waals surface area contributed by atoms with E-state index in [1.165, 1.54) is 6.92 Å². The number of hydrogen-bond donors (Lipinski definition) is 1. The summed E-state index contributed by atoms with van der Waals surface area (Å²) >= 11 is 0. The highest BCUT2D eigenvalue weighted by atomic mass is 16.5. The highest BCUT2D eigenvalue weighted by molar-refractivity contribution is 5.98. The van der Waals surface area contributed by atoms with Crippen LogP contribution in [0.25, 0.3) is 0 Å². The molecule has 0 aromatic heterocycles. The van der Waals surface area contributed by atoms with Gasteiger partial charge in [0.1, 0.15) is 11.5 Å². The summed E-state index contributed by atoms with van der Waals surface area (Å²) in [5, 5.41) is 2.71. The fourth-order valence-corrected chi connectivity index (χ4v) is 2.09. The number of carbonyl (C=O) groups excluding carboxylic acids is 2. The molecule has 0 aliphatic rings. The Bertz CT molecular complexity index is 727. The number of benzene rings is 2. The average Bonchev–Trinajstić information content (AvgIpc) is 2.63. The molecule has 0 fully saturated rings. The van der Waals surface area contributed by atoms with Crippen molar-refractivity contribution >= 4 is 17.6 Å². The summed E-state index contributed by atoms with van der Waals surface area (Å²) in [4.78, 5) is 24.4. The zero-order valence-electron chi connectivity index (χ0n) is 14.4. The van der Waals surface area contributed by atoms with E-state index < -0.39 is 18.0 Å². The van der Waals surface area contributed by atoms with E-state index in [1.54, 1.807) is 49.6 Å². The topological polar surface area (TPSA) is 73.9 Å². The molecule has 0 bridgehead atoms. The van der Waals surface area contributed by atoms with E-state index in [4.69, 9.17) is 14.2 Å². The van der Waals surface area contributed by atoms with Crippen LogP contribution in [0.15, 0.2) is 48.5 Å². The summed E-state index contributed by atoms with van der Waals surface area (Å²) < 4.78 is 15.7. The van der Waals surface area contributed by atoms with E-state index in [-0.39, 0.29) is 0 Å². The molecule has 6 heteroatoms. The molecular formula is C19H21NO5. The normalized spacial score (nSPS) is 11.3. The van der Waals surface area contributed by atoms with E-state index in [9.17, 15) is 9.59 Å². The Hall–Kier alpha value is -3.02. The first-order chi connectivity index (χ1) is 12.0. The van der Waals surface area contributed by atoms with Gasteiger partial charge in [-0.2, -0.15) is 0 Å². The first kappa shape index (κ1) is 18.3. The lowest BCUT2D eigenvalue weighted by Crippen LogP contribution is -2.30. The van der Waals surface area contributed by atoms with Crippen molar-refractivity contribution in [3.05, 3.63) is 54.1 Å². The molecule has 0 saturated heterocycles. The van der Waals surface area contributed by atoms with Gasteiger partial charge in [-0.1, -0.05) is 12.1 Å². The molecule has 0 saturated carbocycles. The van der Waals surface area contributed by atoms with Gasteiger partial charge >= 0.3 is 5.97 Å². The molecule has 0 heterocycles. The van der Waals surface area contributed by atoms with Crippen molar-refractivity contribution in [3.63, 3.8) is 0 Å². The number of rotatable bonds is 7. The van der Waals surface area contributed by atoms with Crippen LogP contribution in [-0.4, -0.2) is 31.7 Å². The van der Waals surface area contributed by atoms with Crippen LogP contribution in [0.2, 0.25) is 0 Å². The standard InChI is InChI=1S/C19H21NO5/c1-4-24-17-8-6-5-7-16(17)20-18(21)13(2)25-19(22)14-9-11-15(23-3)12-10-14/h5-13H,4H2,1-3H3,(H,20,21)/t13-/m0/s1. The zero-order valence-corrected chi connectivity index (χ0v) is 14.4. The Morgan fingerprint density at radius 1 is 1.08 bits per heavy atom. The smallest absolute Gasteiger partial charge is 0.338 e. The Balaban J connectivity index is 1.98. The fraction of sp³-hybridized carbons (Fsp3) is 0.263. The summed E-state index contributed by atoms with van der Waals surface area (Å²) in [6.07, 6.45) is -0.954. The minimum Gasteiger partial charge on any atom is -0.497 e. The maximum atomic E-state index is 12.3. The Labute approximate surface area is 146 Å². The number of ether oxygens (including phenoxy) is 3. The number of anilines is 1. The van der Waals surface area contributed by atoms with Crippen molar-refractivity contribution in [2.75, 3.05) is 19.0 Å². The van der Waals surface area contributed by atoms with Crippen LogP contribution in [0.1, 0.15) is 24.2 Å². The molecule has 1 amide bonds. The van der Waals surface area contributed by atoms with E-state index in [0.717, 1.165) is 0 Å². The van der Waals surface area contributed by atoms with Crippen molar-refractivity contribution < 1.29 is 23.8 Å². The first-order valence-electron chi connectivity index (χ1n) is 7.93. The van der Waals surface area contributed by atoms with Gasteiger partial charge in [0.2, 0.25) is 0 Å². The Morgan fingerprint density at radius 3 is 2.40 bits per heavy atom. The highest BCUT2D eigenvalue weighted by Crippen LogP contribution is 2.24. The second-order valence-electron chi connectivity index (χ2n) is 5.19. The number of carbonyl (C=O) groups is 2. The van der Waals surface area contributed by atoms with Gasteiger partial charge in [-0.05, 0) is 50.2 Å². The van der Waals surface area contributed by atoms with Crippen LogP contribution in [0.3, 0.4) is 0 Å². The van der Waals surface area contributed by atoms with Gasteiger partial charge in [0.15, 0.2) is 6.10 Å². The van der Waals surface area contributed by atoms with Gasteiger partial charge < -0.3 is 19.5 Å². The molecule has 2 rings (SSSR count). The maximum absolute atomic E-state index is 12.3. The van der Waals surface area contributed by atoms with Gasteiger partial charge in [0.05, 0.1) is 25.0 Å². The summed E-state index contributed by atoms with van der Waals surface area (Å²) in [6.45, 7) is 3.85. The summed E-state index contributed by atoms with van der Waals surface area (Å²) in [6, 6.07) is 13.5. The van der Waals surface area contributed by atoms with Gasteiger partial charge in [-0.25, -0.2) is 4.79 Å². The fourth-order valence-electron chi connectivity index (χ4n) is 2.09. The third kappa shape index (κ3) is 4.97. The van der Waals surface area contributed by atoms with Crippen LogP contribution in [0.5, 0.6) is 11.5 Å². The summed E-state index contributed by atoms with van der Waals surface area (Å²) in [5.41, 5.74) is 0.872. The summed E-state index contributed by atoms with van der Waals surface area (Å²) in [5.74, 6) is 0.180. The molecule has 0 spiro atoms. The first-order valence-corrected chi connectivity index (χ1v) is 7.93. The Kier molecular flexibility index (Phi) is 6.39.